The van der Waals surface area contributed by atoms with Gasteiger partial charge in [0, 0.05) is 6.54 Å². The molecule has 0 unspecified atom stereocenters. The van der Waals surface area contributed by atoms with E-state index in [9.17, 15) is 9.59 Å². The van der Waals surface area contributed by atoms with Crippen LogP contribution in [-0.4, -0.2) is 17.5 Å². The van der Waals surface area contributed by atoms with Crippen LogP contribution in [0.25, 0.3) is 0 Å². The van der Waals surface area contributed by atoms with Crippen molar-refractivity contribution in [2.24, 2.45) is 0 Å². The summed E-state index contributed by atoms with van der Waals surface area (Å²) in [6.45, 7) is 6.97. The quantitative estimate of drug-likeness (QED) is 0.443. The molecule has 1 heterocycles. The highest BCUT2D eigenvalue weighted by Gasteiger charge is 2.13. The average molecular weight is 452 g/mol. The Morgan fingerprint density at radius 3 is 2.39 bits per heavy atom. The number of carbonyl (C=O) groups excluding carboxylic acids is 2. The Hall–Kier alpha value is -3.78. The summed E-state index contributed by atoms with van der Waals surface area (Å²) < 4.78 is 16.8. The Morgan fingerprint density at radius 1 is 0.879 bits per heavy atom. The summed E-state index contributed by atoms with van der Waals surface area (Å²) >= 11 is 0. The van der Waals surface area contributed by atoms with Crippen molar-refractivity contribution in [2.75, 3.05) is 0 Å². The van der Waals surface area contributed by atoms with Gasteiger partial charge in [-0.1, -0.05) is 42.5 Å². The minimum atomic E-state index is -0.572. The molecule has 3 aromatic rings. The summed E-state index contributed by atoms with van der Waals surface area (Å²) in [6.07, 6.45) is 0. The van der Waals surface area contributed by atoms with Crippen molar-refractivity contribution in [1.29, 1.82) is 0 Å². The van der Waals surface area contributed by atoms with Gasteiger partial charge in [0.15, 0.2) is 5.76 Å². The van der Waals surface area contributed by atoms with Crippen molar-refractivity contribution < 1.29 is 23.5 Å². The molecule has 0 atom stereocenters. The number of hydrogen-bond acceptors (Lipinski definition) is 5. The van der Waals surface area contributed by atoms with Crippen LogP contribution >= 0.6 is 0 Å². The first kappa shape index (κ1) is 23.9. The van der Waals surface area contributed by atoms with E-state index in [0.29, 0.717) is 24.7 Å². The van der Waals surface area contributed by atoms with Gasteiger partial charge in [-0.3, -0.25) is 10.2 Å². The third-order valence-corrected chi connectivity index (χ3v) is 4.42. The molecule has 0 bridgehead atoms. The molecule has 0 aliphatic heterocycles. The van der Waals surface area contributed by atoms with E-state index in [1.165, 1.54) is 6.07 Å². The van der Waals surface area contributed by atoms with E-state index >= 15 is 0 Å². The van der Waals surface area contributed by atoms with Gasteiger partial charge in [-0.05, 0) is 56.2 Å². The van der Waals surface area contributed by atoms with Gasteiger partial charge in [0.1, 0.15) is 18.1 Å². The van der Waals surface area contributed by atoms with Crippen LogP contribution in [0.3, 0.4) is 0 Å². The minimum absolute atomic E-state index is 0.0634. The molecule has 3 N–H and O–H groups in total. The fourth-order valence-electron chi connectivity index (χ4n) is 2.78. The van der Waals surface area contributed by atoms with Crippen molar-refractivity contribution in [3.63, 3.8) is 0 Å². The molecule has 33 heavy (non-hydrogen) atoms. The first-order valence-corrected chi connectivity index (χ1v) is 10.6. The van der Waals surface area contributed by atoms with Gasteiger partial charge in [0.05, 0.1) is 12.2 Å². The molecule has 8 heteroatoms. The maximum absolute atomic E-state index is 12.2. The number of furan rings is 1. The number of urea groups is 1. The smallest absolute Gasteiger partial charge is 0.333 e. The van der Waals surface area contributed by atoms with E-state index in [1.807, 2.05) is 75.4 Å². The lowest BCUT2D eigenvalue weighted by molar-refractivity contribution is -0.0149. The standard InChI is InChI=1S/C25H29N3O5/c1-25(2,3)32-16-19-9-7-8-18(14-19)15-26-24(30)28-27-23(29)22-13-12-21(33-22)17-31-20-10-5-4-6-11-20/h4-14H,15-17H2,1-3H3,(H,27,29)(H2,26,28,30). The summed E-state index contributed by atoms with van der Waals surface area (Å²) in [4.78, 5) is 24.3. The lowest BCUT2D eigenvalue weighted by Gasteiger charge is -2.19. The molecule has 2 aromatic carbocycles. The summed E-state index contributed by atoms with van der Waals surface area (Å²) in [6, 6.07) is 19.7. The van der Waals surface area contributed by atoms with Gasteiger partial charge in [0.2, 0.25) is 0 Å². The van der Waals surface area contributed by atoms with Crippen molar-refractivity contribution in [2.45, 2.75) is 46.1 Å². The monoisotopic (exact) mass is 451 g/mol. The third-order valence-electron chi connectivity index (χ3n) is 4.42. The highest BCUT2D eigenvalue weighted by molar-refractivity contribution is 5.92. The van der Waals surface area contributed by atoms with Crippen LogP contribution in [-0.2, 0) is 24.5 Å². The largest absolute Gasteiger partial charge is 0.486 e. The van der Waals surface area contributed by atoms with Gasteiger partial charge >= 0.3 is 11.9 Å². The molecule has 8 nitrogen and oxygen atoms in total. The zero-order chi connectivity index (χ0) is 23.7. The van der Waals surface area contributed by atoms with Crippen LogP contribution in [0.2, 0.25) is 0 Å². The first-order valence-electron chi connectivity index (χ1n) is 10.6. The molecule has 0 fully saturated rings. The Balaban J connectivity index is 1.40. The summed E-state index contributed by atoms with van der Waals surface area (Å²) in [5.41, 5.74) is 6.33. The van der Waals surface area contributed by atoms with E-state index in [0.717, 1.165) is 11.1 Å². The second kappa shape index (κ2) is 11.2. The Kier molecular flexibility index (Phi) is 8.10. The number of hydrazine groups is 1. The van der Waals surface area contributed by atoms with Crippen molar-refractivity contribution in [3.8, 4) is 5.75 Å². The summed E-state index contributed by atoms with van der Waals surface area (Å²) in [7, 11) is 0. The van der Waals surface area contributed by atoms with Crippen molar-refractivity contribution >= 4 is 11.9 Å². The number of para-hydroxylation sites is 1. The molecule has 0 saturated heterocycles. The van der Waals surface area contributed by atoms with Crippen LogP contribution in [0.4, 0.5) is 4.79 Å². The zero-order valence-electron chi connectivity index (χ0n) is 19.0. The molecule has 1 aromatic heterocycles. The fourth-order valence-corrected chi connectivity index (χ4v) is 2.78. The van der Waals surface area contributed by atoms with Gasteiger partial charge < -0.3 is 19.2 Å². The number of hydrogen-bond donors (Lipinski definition) is 3. The van der Waals surface area contributed by atoms with Crippen LogP contribution in [0.15, 0.2) is 71.1 Å². The SMILES string of the molecule is CC(C)(C)OCc1cccc(CNC(=O)NNC(=O)c2ccc(COc3ccccc3)o2)c1. The lowest BCUT2D eigenvalue weighted by Crippen LogP contribution is -2.46. The molecule has 3 amide bonds. The van der Waals surface area contributed by atoms with Crippen molar-refractivity contribution in [1.82, 2.24) is 16.2 Å². The van der Waals surface area contributed by atoms with Gasteiger partial charge in [-0.2, -0.15) is 0 Å². The highest BCUT2D eigenvalue weighted by Crippen LogP contribution is 2.14. The van der Waals surface area contributed by atoms with Crippen LogP contribution in [0.1, 0.15) is 48.2 Å². The first-order chi connectivity index (χ1) is 15.8. The van der Waals surface area contributed by atoms with E-state index in [2.05, 4.69) is 16.2 Å². The van der Waals surface area contributed by atoms with Crippen LogP contribution in [0.5, 0.6) is 5.75 Å². The molecule has 0 spiro atoms. The molecule has 0 aliphatic rings. The summed E-state index contributed by atoms with van der Waals surface area (Å²) in [5, 5.41) is 2.69. The third kappa shape index (κ3) is 8.34. The predicted octanol–water partition coefficient (Wildman–Crippen LogP) is 4.32. The molecular formula is C25H29N3O5. The predicted molar refractivity (Wildman–Crippen MR) is 123 cm³/mol. The Morgan fingerprint density at radius 2 is 1.64 bits per heavy atom. The molecule has 0 radical (unpaired) electrons. The molecular weight excluding hydrogens is 422 g/mol. The van der Waals surface area contributed by atoms with E-state index < -0.39 is 11.9 Å². The van der Waals surface area contributed by atoms with E-state index in [-0.39, 0.29) is 18.0 Å². The maximum Gasteiger partial charge on any atom is 0.333 e. The van der Waals surface area contributed by atoms with E-state index in [1.54, 1.807) is 6.07 Å². The Bertz CT molecular complexity index is 1060. The van der Waals surface area contributed by atoms with Crippen molar-refractivity contribution in [3.05, 3.63) is 89.4 Å². The maximum atomic E-state index is 12.2. The molecule has 0 saturated carbocycles. The average Bonchev–Trinajstić information content (AvgIpc) is 3.28. The molecule has 174 valence electrons. The number of nitrogens with one attached hydrogen (secondary N) is 3. The zero-order valence-corrected chi connectivity index (χ0v) is 19.0. The number of benzene rings is 2. The topological polar surface area (TPSA) is 102 Å². The molecule has 3 rings (SSSR count). The highest BCUT2D eigenvalue weighted by atomic mass is 16.5. The second-order valence-corrected chi connectivity index (χ2v) is 8.35. The minimum Gasteiger partial charge on any atom is -0.486 e. The fraction of sp³-hybridized carbons (Fsp3) is 0.280. The van der Waals surface area contributed by atoms with Gasteiger partial charge in [0.25, 0.3) is 0 Å². The van der Waals surface area contributed by atoms with Gasteiger partial charge in [-0.15, -0.1) is 0 Å². The van der Waals surface area contributed by atoms with Crippen LogP contribution in [0, 0.1) is 0 Å². The number of amides is 3. The number of rotatable bonds is 8. The normalized spacial score (nSPS) is 11.0. The Labute approximate surface area is 193 Å². The lowest BCUT2D eigenvalue weighted by atomic mass is 10.1. The second-order valence-electron chi connectivity index (χ2n) is 8.35. The molecule has 0 aliphatic carbocycles. The summed E-state index contributed by atoms with van der Waals surface area (Å²) in [5.74, 6) is 0.681. The van der Waals surface area contributed by atoms with Gasteiger partial charge in [-0.25, -0.2) is 10.2 Å². The number of carbonyl (C=O) groups is 2. The van der Waals surface area contributed by atoms with Crippen LogP contribution < -0.4 is 20.9 Å². The number of ether oxygens (including phenoxy) is 2. The van der Waals surface area contributed by atoms with E-state index in [4.69, 9.17) is 13.9 Å².